The van der Waals surface area contributed by atoms with Crippen LogP contribution in [0, 0.1) is 0 Å². The van der Waals surface area contributed by atoms with Crippen LogP contribution < -0.4 is 15.2 Å². The highest BCUT2D eigenvalue weighted by atomic mass is 16.5. The van der Waals surface area contributed by atoms with E-state index in [4.69, 9.17) is 15.2 Å². The molecule has 1 aromatic carbocycles. The van der Waals surface area contributed by atoms with Crippen LogP contribution in [0.5, 0.6) is 11.5 Å². The molecule has 1 aromatic heterocycles. The van der Waals surface area contributed by atoms with Gasteiger partial charge in [0.25, 0.3) is 0 Å². The van der Waals surface area contributed by atoms with Crippen LogP contribution >= 0.6 is 0 Å². The van der Waals surface area contributed by atoms with E-state index in [1.807, 2.05) is 32.0 Å². The summed E-state index contributed by atoms with van der Waals surface area (Å²) >= 11 is 0. The Balaban J connectivity index is 0.000000771. The number of benzene rings is 1. The van der Waals surface area contributed by atoms with Gasteiger partial charge >= 0.3 is 0 Å². The van der Waals surface area contributed by atoms with Gasteiger partial charge in [0.2, 0.25) is 0 Å². The Hall–Kier alpha value is -2.17. The first-order valence-corrected chi connectivity index (χ1v) is 5.78. The molecule has 1 heterocycles. The quantitative estimate of drug-likeness (QED) is 0.907. The molecule has 0 amide bonds. The third kappa shape index (κ3) is 2.74. The van der Waals surface area contributed by atoms with Gasteiger partial charge in [-0.1, -0.05) is 13.8 Å². The number of aromatic nitrogens is 2. The van der Waals surface area contributed by atoms with E-state index in [-0.39, 0.29) is 0 Å². The van der Waals surface area contributed by atoms with Crippen molar-refractivity contribution in [1.82, 2.24) is 9.78 Å². The Bertz CT molecular complexity index is 495. The number of ether oxygens (including phenoxy) is 2. The number of hydrogen-bond donors (Lipinski definition) is 1. The van der Waals surface area contributed by atoms with Crippen LogP contribution in [0.25, 0.3) is 5.69 Å². The topological polar surface area (TPSA) is 62.3 Å². The van der Waals surface area contributed by atoms with Crippen LogP contribution in [0.3, 0.4) is 0 Å². The molecule has 18 heavy (non-hydrogen) atoms. The molecular weight excluding hydrogens is 230 g/mol. The molecule has 0 atom stereocenters. The fraction of sp³-hybridized carbons (Fsp3) is 0.308. The molecule has 0 aliphatic heterocycles. The summed E-state index contributed by atoms with van der Waals surface area (Å²) in [5.74, 6) is 1.90. The van der Waals surface area contributed by atoms with Gasteiger partial charge in [0, 0.05) is 12.1 Å². The molecule has 5 nitrogen and oxygen atoms in total. The molecule has 98 valence electrons. The summed E-state index contributed by atoms with van der Waals surface area (Å²) in [6.07, 6.45) is 1.64. The Morgan fingerprint density at radius 2 is 1.72 bits per heavy atom. The van der Waals surface area contributed by atoms with E-state index < -0.39 is 0 Å². The van der Waals surface area contributed by atoms with Crippen molar-refractivity contribution in [3.63, 3.8) is 0 Å². The largest absolute Gasteiger partial charge is 0.493 e. The van der Waals surface area contributed by atoms with Crippen LogP contribution in [0.2, 0.25) is 0 Å². The number of methoxy groups -OCH3 is 2. The summed E-state index contributed by atoms with van der Waals surface area (Å²) in [4.78, 5) is 0. The first-order chi connectivity index (χ1) is 8.76. The van der Waals surface area contributed by atoms with Crippen molar-refractivity contribution < 1.29 is 9.47 Å². The summed E-state index contributed by atoms with van der Waals surface area (Å²) in [6, 6.07) is 7.24. The van der Waals surface area contributed by atoms with E-state index >= 15 is 0 Å². The second-order valence-electron chi connectivity index (χ2n) is 3.21. The number of hydrogen-bond acceptors (Lipinski definition) is 4. The van der Waals surface area contributed by atoms with Crippen molar-refractivity contribution in [2.75, 3.05) is 20.0 Å². The monoisotopic (exact) mass is 249 g/mol. The molecule has 2 rings (SSSR count). The Kier molecular flexibility index (Phi) is 5.05. The van der Waals surface area contributed by atoms with E-state index in [9.17, 15) is 0 Å². The molecule has 2 N–H and O–H groups in total. The van der Waals surface area contributed by atoms with Crippen molar-refractivity contribution >= 4 is 5.82 Å². The van der Waals surface area contributed by atoms with Gasteiger partial charge in [-0.2, -0.15) is 5.10 Å². The van der Waals surface area contributed by atoms with E-state index in [1.54, 1.807) is 31.2 Å². The Labute approximate surface area is 107 Å². The molecule has 0 saturated heterocycles. The molecule has 0 saturated carbocycles. The number of rotatable bonds is 3. The van der Waals surface area contributed by atoms with Crippen molar-refractivity contribution in [2.45, 2.75) is 13.8 Å². The minimum atomic E-state index is 0.576. The average molecular weight is 249 g/mol. The predicted octanol–water partition coefficient (Wildman–Crippen LogP) is 2.50. The fourth-order valence-corrected chi connectivity index (χ4v) is 1.49. The zero-order valence-electron chi connectivity index (χ0n) is 11.2. The maximum atomic E-state index is 5.76. The minimum Gasteiger partial charge on any atom is -0.493 e. The fourth-order valence-electron chi connectivity index (χ4n) is 1.49. The van der Waals surface area contributed by atoms with Crippen LogP contribution in [0.1, 0.15) is 13.8 Å². The smallest absolute Gasteiger partial charge is 0.162 e. The van der Waals surface area contributed by atoms with Crippen molar-refractivity contribution in [3.05, 3.63) is 30.5 Å². The molecular formula is C13H19N3O2. The first kappa shape index (κ1) is 13.9. The second-order valence-corrected chi connectivity index (χ2v) is 3.21. The lowest BCUT2D eigenvalue weighted by Gasteiger charge is -2.10. The lowest BCUT2D eigenvalue weighted by atomic mass is 10.3. The Morgan fingerprint density at radius 1 is 1.06 bits per heavy atom. The normalized spacial score (nSPS) is 9.33. The van der Waals surface area contributed by atoms with Crippen molar-refractivity contribution in [1.29, 1.82) is 0 Å². The molecule has 0 fully saturated rings. The molecule has 0 spiro atoms. The minimum absolute atomic E-state index is 0.576. The number of nitrogen functional groups attached to an aromatic ring is 1. The first-order valence-electron chi connectivity index (χ1n) is 5.78. The molecule has 5 heteroatoms. The third-order valence-corrected chi connectivity index (χ3v) is 2.28. The molecule has 0 unspecified atom stereocenters. The molecule has 0 aliphatic rings. The van der Waals surface area contributed by atoms with E-state index in [1.165, 1.54) is 0 Å². The summed E-state index contributed by atoms with van der Waals surface area (Å²) < 4.78 is 12.0. The standard InChI is InChI=1S/C11H13N3O2.C2H6/c1-15-9-4-3-8(7-10(9)16-2)14-11(12)5-6-13-14;1-2/h3-7H,12H2,1-2H3;1-2H3. The van der Waals surface area contributed by atoms with E-state index in [2.05, 4.69) is 5.10 Å². The van der Waals surface area contributed by atoms with Crippen molar-refractivity contribution in [2.24, 2.45) is 0 Å². The van der Waals surface area contributed by atoms with Crippen LogP contribution in [-0.4, -0.2) is 24.0 Å². The van der Waals surface area contributed by atoms with Crippen molar-refractivity contribution in [3.8, 4) is 17.2 Å². The highest BCUT2D eigenvalue weighted by Gasteiger charge is 2.07. The van der Waals surface area contributed by atoms with E-state index in [0.717, 1.165) is 5.69 Å². The maximum absolute atomic E-state index is 5.76. The summed E-state index contributed by atoms with van der Waals surface area (Å²) in [5.41, 5.74) is 6.60. The van der Waals surface area contributed by atoms with Gasteiger partial charge in [-0.05, 0) is 12.1 Å². The third-order valence-electron chi connectivity index (χ3n) is 2.28. The van der Waals surface area contributed by atoms with Crippen LogP contribution in [0.4, 0.5) is 5.82 Å². The SMILES string of the molecule is CC.COc1ccc(-n2nccc2N)cc1OC. The van der Waals surface area contributed by atoms with Gasteiger partial charge in [0.15, 0.2) is 11.5 Å². The van der Waals surface area contributed by atoms with Gasteiger partial charge in [-0.15, -0.1) is 0 Å². The summed E-state index contributed by atoms with van der Waals surface area (Å²) in [6.45, 7) is 4.00. The summed E-state index contributed by atoms with van der Waals surface area (Å²) in [5, 5.41) is 4.11. The van der Waals surface area contributed by atoms with Crippen LogP contribution in [-0.2, 0) is 0 Å². The Morgan fingerprint density at radius 3 is 2.22 bits per heavy atom. The van der Waals surface area contributed by atoms with Gasteiger partial charge in [0.05, 0.1) is 26.1 Å². The lowest BCUT2D eigenvalue weighted by Crippen LogP contribution is -2.02. The highest BCUT2D eigenvalue weighted by Crippen LogP contribution is 2.29. The molecule has 0 aliphatic carbocycles. The number of anilines is 1. The number of nitrogens with two attached hydrogens (primary N) is 1. The molecule has 0 bridgehead atoms. The zero-order valence-corrected chi connectivity index (χ0v) is 11.2. The zero-order chi connectivity index (χ0) is 13.5. The number of nitrogens with zero attached hydrogens (tertiary/aromatic N) is 2. The lowest BCUT2D eigenvalue weighted by molar-refractivity contribution is 0.355. The van der Waals surface area contributed by atoms with Gasteiger partial charge in [-0.3, -0.25) is 0 Å². The molecule has 0 radical (unpaired) electrons. The molecule has 2 aromatic rings. The van der Waals surface area contributed by atoms with E-state index in [0.29, 0.717) is 17.3 Å². The second kappa shape index (κ2) is 6.54. The maximum Gasteiger partial charge on any atom is 0.162 e. The van der Waals surface area contributed by atoms with Gasteiger partial charge in [-0.25, -0.2) is 4.68 Å². The van der Waals surface area contributed by atoms with Crippen LogP contribution in [0.15, 0.2) is 30.5 Å². The summed E-state index contributed by atoms with van der Waals surface area (Å²) in [7, 11) is 3.19. The highest BCUT2D eigenvalue weighted by molar-refractivity contribution is 5.51. The average Bonchev–Trinajstić information content (AvgIpc) is 2.86. The van der Waals surface area contributed by atoms with Gasteiger partial charge < -0.3 is 15.2 Å². The van der Waals surface area contributed by atoms with Gasteiger partial charge in [0.1, 0.15) is 5.82 Å². The predicted molar refractivity (Wildman–Crippen MR) is 72.4 cm³/mol.